The van der Waals surface area contributed by atoms with Crippen molar-refractivity contribution in [3.8, 4) is 0 Å². The zero-order chi connectivity index (χ0) is 12.6. The largest absolute Gasteiger partial charge is 0.481 e. The van der Waals surface area contributed by atoms with Gasteiger partial charge in [0.05, 0.1) is 24.2 Å². The zero-order valence-electron chi connectivity index (χ0n) is 9.60. The number of carboxylic acids is 1. The molecule has 6 heteroatoms. The first-order valence-electron chi connectivity index (χ1n) is 5.15. The Morgan fingerprint density at radius 1 is 1.31 bits per heavy atom. The van der Waals surface area contributed by atoms with Crippen LogP contribution in [-0.4, -0.2) is 46.2 Å². The third kappa shape index (κ3) is 8.55. The molecule has 0 spiro atoms. The molecule has 0 fully saturated rings. The summed E-state index contributed by atoms with van der Waals surface area (Å²) in [5, 5.41) is 20.1. The van der Waals surface area contributed by atoms with Gasteiger partial charge in [0.1, 0.15) is 0 Å². The van der Waals surface area contributed by atoms with Gasteiger partial charge in [0, 0.05) is 0 Å². The molecule has 0 rings (SSSR count). The Hall–Kier alpha value is -0.750. The minimum absolute atomic E-state index is 0.0820. The second kappa shape index (κ2) is 8.41. The summed E-state index contributed by atoms with van der Waals surface area (Å²) < 4.78 is 0. The van der Waals surface area contributed by atoms with Gasteiger partial charge in [-0.25, -0.2) is 0 Å². The number of thioether (sulfide) groups is 1. The van der Waals surface area contributed by atoms with Gasteiger partial charge in [-0.3, -0.25) is 9.59 Å². The molecule has 1 unspecified atom stereocenters. The molecule has 1 atom stereocenters. The van der Waals surface area contributed by atoms with Crippen molar-refractivity contribution in [3.05, 3.63) is 0 Å². The molecule has 0 saturated heterocycles. The van der Waals surface area contributed by atoms with E-state index in [-0.39, 0.29) is 30.1 Å². The lowest BCUT2D eigenvalue weighted by Crippen LogP contribution is -2.39. The number of aliphatic carboxylic acids is 1. The van der Waals surface area contributed by atoms with Crippen LogP contribution in [0.3, 0.4) is 0 Å². The minimum Gasteiger partial charge on any atom is -0.481 e. The normalized spacial score (nSPS) is 12.5. The molecule has 1 amide bonds. The van der Waals surface area contributed by atoms with E-state index >= 15 is 0 Å². The highest BCUT2D eigenvalue weighted by molar-refractivity contribution is 8.00. The average molecular weight is 249 g/mol. The molecule has 0 aromatic carbocycles. The van der Waals surface area contributed by atoms with Crippen molar-refractivity contribution < 1.29 is 19.8 Å². The number of nitrogens with one attached hydrogen (secondary N) is 1. The minimum atomic E-state index is -0.932. The Morgan fingerprint density at radius 3 is 2.38 bits per heavy atom. The molecule has 0 aromatic heterocycles. The van der Waals surface area contributed by atoms with Crippen LogP contribution in [0, 0.1) is 5.92 Å². The number of aliphatic hydroxyl groups is 1. The third-order valence-electron chi connectivity index (χ3n) is 1.80. The number of aliphatic hydroxyl groups excluding tert-OH is 1. The molecular weight excluding hydrogens is 230 g/mol. The lowest BCUT2D eigenvalue weighted by molar-refractivity contribution is -0.133. The van der Waals surface area contributed by atoms with E-state index in [9.17, 15) is 9.59 Å². The highest BCUT2D eigenvalue weighted by Crippen LogP contribution is 2.05. The van der Waals surface area contributed by atoms with E-state index in [1.807, 2.05) is 13.8 Å². The molecule has 0 saturated carbocycles. The second-order valence-electron chi connectivity index (χ2n) is 3.96. The number of carbonyl (C=O) groups is 2. The highest BCUT2D eigenvalue weighted by atomic mass is 32.2. The molecule has 0 radical (unpaired) electrons. The topological polar surface area (TPSA) is 86.6 Å². The predicted octanol–water partition coefficient (Wildman–Crippen LogP) is 0.327. The maximum Gasteiger partial charge on any atom is 0.313 e. The first-order chi connectivity index (χ1) is 7.45. The molecule has 0 bridgehead atoms. The zero-order valence-corrected chi connectivity index (χ0v) is 10.4. The first kappa shape index (κ1) is 15.2. The van der Waals surface area contributed by atoms with Crippen LogP contribution >= 0.6 is 11.8 Å². The number of hydrogen-bond donors (Lipinski definition) is 3. The van der Waals surface area contributed by atoms with E-state index in [0.717, 1.165) is 11.8 Å². The van der Waals surface area contributed by atoms with Gasteiger partial charge in [0.15, 0.2) is 0 Å². The fourth-order valence-electron chi connectivity index (χ4n) is 1.25. The Bertz CT molecular complexity index is 233. The van der Waals surface area contributed by atoms with Crippen molar-refractivity contribution in [1.29, 1.82) is 0 Å². The van der Waals surface area contributed by atoms with E-state index in [1.54, 1.807) is 0 Å². The van der Waals surface area contributed by atoms with Gasteiger partial charge in [-0.05, 0) is 12.3 Å². The molecule has 0 heterocycles. The molecule has 3 N–H and O–H groups in total. The van der Waals surface area contributed by atoms with Crippen LogP contribution in [0.5, 0.6) is 0 Å². The van der Waals surface area contributed by atoms with E-state index in [1.165, 1.54) is 0 Å². The standard InChI is InChI=1S/C10H19NO4S/c1-7(2)3-8(4-12)11-9(13)5-16-6-10(14)15/h7-8,12H,3-6H2,1-2H3,(H,11,13)(H,14,15). The molecule has 5 nitrogen and oxygen atoms in total. The molecule has 0 aliphatic rings. The highest BCUT2D eigenvalue weighted by Gasteiger charge is 2.13. The van der Waals surface area contributed by atoms with Crippen molar-refractivity contribution in [2.75, 3.05) is 18.1 Å². The average Bonchev–Trinajstić information content (AvgIpc) is 2.15. The summed E-state index contributed by atoms with van der Waals surface area (Å²) in [6.45, 7) is 3.93. The van der Waals surface area contributed by atoms with Crippen LogP contribution < -0.4 is 5.32 Å². The number of amides is 1. The van der Waals surface area contributed by atoms with Gasteiger partial charge < -0.3 is 15.5 Å². The molecule has 16 heavy (non-hydrogen) atoms. The van der Waals surface area contributed by atoms with Gasteiger partial charge in [-0.2, -0.15) is 0 Å². The van der Waals surface area contributed by atoms with Crippen LogP contribution in [0.4, 0.5) is 0 Å². The van der Waals surface area contributed by atoms with Crippen molar-refractivity contribution in [3.63, 3.8) is 0 Å². The van der Waals surface area contributed by atoms with Gasteiger partial charge in [0.2, 0.25) is 5.91 Å². The van der Waals surface area contributed by atoms with Gasteiger partial charge in [0.25, 0.3) is 0 Å². The molecular formula is C10H19NO4S. The number of rotatable bonds is 8. The maximum absolute atomic E-state index is 11.3. The second-order valence-corrected chi connectivity index (χ2v) is 4.95. The smallest absolute Gasteiger partial charge is 0.313 e. The van der Waals surface area contributed by atoms with Gasteiger partial charge in [-0.1, -0.05) is 13.8 Å². The first-order valence-corrected chi connectivity index (χ1v) is 6.31. The Morgan fingerprint density at radius 2 is 1.94 bits per heavy atom. The molecule has 0 aliphatic carbocycles. The number of carbonyl (C=O) groups excluding carboxylic acids is 1. The Balaban J connectivity index is 3.78. The van der Waals surface area contributed by atoms with E-state index in [4.69, 9.17) is 10.2 Å². The fourth-order valence-corrected chi connectivity index (χ4v) is 1.79. The Labute approximate surface area is 99.6 Å². The van der Waals surface area contributed by atoms with Crippen LogP contribution in [0.2, 0.25) is 0 Å². The summed E-state index contributed by atoms with van der Waals surface area (Å²) in [5.41, 5.74) is 0. The SMILES string of the molecule is CC(C)CC(CO)NC(=O)CSCC(=O)O. The van der Waals surface area contributed by atoms with E-state index in [2.05, 4.69) is 5.32 Å². The predicted molar refractivity (Wildman–Crippen MR) is 63.4 cm³/mol. The van der Waals surface area contributed by atoms with Gasteiger partial charge >= 0.3 is 5.97 Å². The summed E-state index contributed by atoms with van der Waals surface area (Å²) in [6.07, 6.45) is 0.714. The lowest BCUT2D eigenvalue weighted by atomic mass is 10.0. The lowest BCUT2D eigenvalue weighted by Gasteiger charge is -2.17. The summed E-state index contributed by atoms with van der Waals surface area (Å²) in [5.74, 6) is -0.740. The Kier molecular flexibility index (Phi) is 8.01. The van der Waals surface area contributed by atoms with Crippen LogP contribution in [-0.2, 0) is 9.59 Å². The van der Waals surface area contributed by atoms with Crippen LogP contribution in [0.15, 0.2) is 0 Å². The summed E-state index contributed by atoms with van der Waals surface area (Å²) in [7, 11) is 0. The van der Waals surface area contributed by atoms with Crippen molar-refractivity contribution >= 4 is 23.6 Å². The molecule has 94 valence electrons. The van der Waals surface area contributed by atoms with E-state index in [0.29, 0.717) is 12.3 Å². The number of carboxylic acid groups (broad SMARTS) is 1. The summed E-state index contributed by atoms with van der Waals surface area (Å²) >= 11 is 1.05. The molecule has 0 aliphatic heterocycles. The third-order valence-corrected chi connectivity index (χ3v) is 2.72. The summed E-state index contributed by atoms with van der Waals surface area (Å²) in [4.78, 5) is 21.6. The van der Waals surface area contributed by atoms with Crippen LogP contribution in [0.1, 0.15) is 20.3 Å². The fraction of sp³-hybridized carbons (Fsp3) is 0.800. The maximum atomic E-state index is 11.3. The van der Waals surface area contributed by atoms with Crippen molar-refractivity contribution in [2.24, 2.45) is 5.92 Å². The van der Waals surface area contributed by atoms with Crippen molar-refractivity contribution in [1.82, 2.24) is 5.32 Å². The summed E-state index contributed by atoms with van der Waals surface area (Å²) in [6, 6.07) is -0.238. The van der Waals surface area contributed by atoms with Crippen LogP contribution in [0.25, 0.3) is 0 Å². The number of hydrogen-bond acceptors (Lipinski definition) is 4. The van der Waals surface area contributed by atoms with Crippen molar-refractivity contribution in [2.45, 2.75) is 26.3 Å². The van der Waals surface area contributed by atoms with Gasteiger partial charge in [-0.15, -0.1) is 11.8 Å². The molecule has 0 aromatic rings. The monoisotopic (exact) mass is 249 g/mol. The van der Waals surface area contributed by atoms with E-state index < -0.39 is 5.97 Å². The quantitative estimate of drug-likeness (QED) is 0.577.